The van der Waals surface area contributed by atoms with Gasteiger partial charge in [-0.15, -0.1) is 11.3 Å². The Morgan fingerprint density at radius 1 is 1.12 bits per heavy atom. The first kappa shape index (κ1) is 22.9. The number of hydrogen-bond donors (Lipinski definition) is 1. The molecule has 2 aliphatic rings. The maximum Gasteiger partial charge on any atom is 0.253 e. The van der Waals surface area contributed by atoms with E-state index in [1.165, 1.54) is 42.0 Å². The lowest BCUT2D eigenvalue weighted by Gasteiger charge is -2.34. The molecule has 172 valence electrons. The molecule has 6 nitrogen and oxygen atoms in total. The summed E-state index contributed by atoms with van der Waals surface area (Å²) in [4.78, 5) is 34.1. The molecule has 2 atom stereocenters. The summed E-state index contributed by atoms with van der Waals surface area (Å²) in [6.45, 7) is 8.65. The van der Waals surface area contributed by atoms with E-state index in [1.54, 1.807) is 4.90 Å². The minimum atomic E-state index is -0.359. The zero-order chi connectivity index (χ0) is 22.7. The number of thiazole rings is 1. The van der Waals surface area contributed by atoms with Crippen molar-refractivity contribution in [3.05, 3.63) is 46.7 Å². The van der Waals surface area contributed by atoms with Gasteiger partial charge < -0.3 is 10.2 Å². The zero-order valence-corrected chi connectivity index (χ0v) is 19.5. The van der Waals surface area contributed by atoms with Gasteiger partial charge in [0.15, 0.2) is 5.13 Å². The molecule has 0 saturated carbocycles. The van der Waals surface area contributed by atoms with Gasteiger partial charge in [-0.25, -0.2) is 9.37 Å². The second-order valence-electron chi connectivity index (χ2n) is 9.35. The van der Waals surface area contributed by atoms with Gasteiger partial charge in [-0.3, -0.25) is 14.5 Å². The monoisotopic (exact) mass is 458 g/mol. The number of carbonyl (C=O) groups is 2. The fraction of sp³-hybridized carbons (Fsp3) is 0.542. The number of carbonyl (C=O) groups excluding carboxylic acids is 2. The van der Waals surface area contributed by atoms with Gasteiger partial charge in [0.25, 0.3) is 5.91 Å². The second-order valence-corrected chi connectivity index (χ2v) is 10.2. The Bertz CT molecular complexity index is 930. The van der Waals surface area contributed by atoms with Crippen LogP contribution < -0.4 is 5.32 Å². The third-order valence-electron chi connectivity index (χ3n) is 6.36. The lowest BCUT2D eigenvalue weighted by atomic mass is 9.92. The molecule has 1 aromatic carbocycles. The number of rotatable bonds is 5. The predicted octanol–water partition coefficient (Wildman–Crippen LogP) is 4.25. The third kappa shape index (κ3) is 5.72. The van der Waals surface area contributed by atoms with Gasteiger partial charge in [0.1, 0.15) is 5.82 Å². The standard InChI is InChI=1S/C24H31FN4O2S/c1-16-11-17(2)13-28(12-16)14-21-15-32-24(26-21)27-22(30)18-7-9-29(10-8-18)23(31)19-3-5-20(25)6-4-19/h3-6,15-18H,7-14H2,1-2H3,(H,26,27,30)/t16-,17-/m0/s1. The lowest BCUT2D eigenvalue weighted by Crippen LogP contribution is -2.41. The van der Waals surface area contributed by atoms with E-state index in [9.17, 15) is 14.0 Å². The van der Waals surface area contributed by atoms with Gasteiger partial charge >= 0.3 is 0 Å². The maximum absolute atomic E-state index is 13.1. The Balaban J connectivity index is 1.25. The van der Waals surface area contributed by atoms with Crippen molar-refractivity contribution in [2.45, 2.75) is 39.7 Å². The number of anilines is 1. The molecule has 1 N–H and O–H groups in total. The Labute approximate surface area is 192 Å². The van der Waals surface area contributed by atoms with Crippen LogP contribution in [0.15, 0.2) is 29.6 Å². The molecular formula is C24H31FN4O2S. The summed E-state index contributed by atoms with van der Waals surface area (Å²) in [6.07, 6.45) is 2.50. The fourth-order valence-corrected chi connectivity index (χ4v) is 5.62. The van der Waals surface area contributed by atoms with Crippen LogP contribution in [0.25, 0.3) is 0 Å². The van der Waals surface area contributed by atoms with Crippen LogP contribution in [0.3, 0.4) is 0 Å². The van der Waals surface area contributed by atoms with E-state index in [1.807, 2.05) is 5.38 Å². The SMILES string of the molecule is C[C@H]1C[C@H](C)CN(Cc2csc(NC(=O)C3CCN(C(=O)c4ccc(F)cc4)CC3)n2)C1. The van der Waals surface area contributed by atoms with E-state index in [2.05, 4.69) is 29.0 Å². The molecule has 2 aromatic rings. The number of aromatic nitrogens is 1. The van der Waals surface area contributed by atoms with Gasteiger partial charge in [-0.2, -0.15) is 0 Å². The minimum absolute atomic E-state index is 0.0278. The number of likely N-dealkylation sites (tertiary alicyclic amines) is 2. The van der Waals surface area contributed by atoms with Crippen molar-refractivity contribution < 1.29 is 14.0 Å². The lowest BCUT2D eigenvalue weighted by molar-refractivity contribution is -0.121. The maximum atomic E-state index is 13.1. The number of halogens is 1. The van der Waals surface area contributed by atoms with Gasteiger partial charge in [-0.05, 0) is 55.4 Å². The summed E-state index contributed by atoms with van der Waals surface area (Å²) >= 11 is 1.47. The average molecular weight is 459 g/mol. The number of hydrogen-bond acceptors (Lipinski definition) is 5. The molecule has 1 aromatic heterocycles. The van der Waals surface area contributed by atoms with Crippen molar-refractivity contribution in [1.29, 1.82) is 0 Å². The Morgan fingerprint density at radius 3 is 2.44 bits per heavy atom. The van der Waals surface area contributed by atoms with Crippen molar-refractivity contribution in [3.63, 3.8) is 0 Å². The fourth-order valence-electron chi connectivity index (χ4n) is 4.91. The molecule has 0 unspecified atom stereocenters. The van der Waals surface area contributed by atoms with Crippen molar-refractivity contribution in [2.24, 2.45) is 17.8 Å². The third-order valence-corrected chi connectivity index (χ3v) is 7.16. The van der Waals surface area contributed by atoms with Crippen LogP contribution in [-0.4, -0.2) is 52.8 Å². The molecule has 0 aliphatic carbocycles. The van der Waals surface area contributed by atoms with E-state index in [-0.39, 0.29) is 23.5 Å². The highest BCUT2D eigenvalue weighted by atomic mass is 32.1. The van der Waals surface area contributed by atoms with E-state index < -0.39 is 0 Å². The van der Waals surface area contributed by atoms with Gasteiger partial charge in [0.05, 0.1) is 5.69 Å². The number of nitrogens with zero attached hydrogens (tertiary/aromatic N) is 3. The van der Waals surface area contributed by atoms with Gasteiger partial charge in [0, 0.05) is 49.6 Å². The first-order valence-electron chi connectivity index (χ1n) is 11.4. The molecule has 2 saturated heterocycles. The Hall–Kier alpha value is -2.32. The van der Waals surface area contributed by atoms with Crippen LogP contribution in [0.4, 0.5) is 9.52 Å². The summed E-state index contributed by atoms with van der Waals surface area (Å²) < 4.78 is 13.1. The topological polar surface area (TPSA) is 65.5 Å². The second kappa shape index (κ2) is 10.1. The Morgan fingerprint density at radius 2 is 1.78 bits per heavy atom. The molecule has 8 heteroatoms. The number of nitrogens with one attached hydrogen (secondary N) is 1. The van der Waals surface area contributed by atoms with Crippen LogP contribution in [0.5, 0.6) is 0 Å². The molecule has 0 radical (unpaired) electrons. The highest BCUT2D eigenvalue weighted by molar-refractivity contribution is 7.13. The molecule has 32 heavy (non-hydrogen) atoms. The van der Waals surface area contributed by atoms with Crippen LogP contribution in [0.2, 0.25) is 0 Å². The van der Waals surface area contributed by atoms with Gasteiger partial charge in [0.2, 0.25) is 5.91 Å². The summed E-state index contributed by atoms with van der Waals surface area (Å²) in [5, 5.41) is 5.65. The van der Waals surface area contributed by atoms with E-state index in [4.69, 9.17) is 0 Å². The summed E-state index contributed by atoms with van der Waals surface area (Å²) in [5.74, 6) is 0.773. The average Bonchev–Trinajstić information content (AvgIpc) is 3.19. The summed E-state index contributed by atoms with van der Waals surface area (Å²) in [6, 6.07) is 5.59. The molecule has 0 bridgehead atoms. The molecule has 3 heterocycles. The zero-order valence-electron chi connectivity index (χ0n) is 18.7. The van der Waals surface area contributed by atoms with Crippen LogP contribution in [0.1, 0.15) is 49.2 Å². The van der Waals surface area contributed by atoms with Crippen LogP contribution in [-0.2, 0) is 11.3 Å². The molecule has 2 aliphatic heterocycles. The van der Waals surface area contributed by atoms with Crippen molar-refractivity contribution in [1.82, 2.24) is 14.8 Å². The van der Waals surface area contributed by atoms with Crippen molar-refractivity contribution in [2.75, 3.05) is 31.5 Å². The predicted molar refractivity (Wildman–Crippen MR) is 124 cm³/mol. The highest BCUT2D eigenvalue weighted by Crippen LogP contribution is 2.25. The van der Waals surface area contributed by atoms with E-state index in [0.717, 1.165) is 25.3 Å². The molecule has 2 amide bonds. The van der Waals surface area contributed by atoms with Crippen LogP contribution >= 0.6 is 11.3 Å². The smallest absolute Gasteiger partial charge is 0.253 e. The molecule has 2 fully saturated rings. The Kier molecular flexibility index (Phi) is 7.20. The number of amides is 2. The minimum Gasteiger partial charge on any atom is -0.339 e. The van der Waals surface area contributed by atoms with E-state index in [0.29, 0.717) is 48.5 Å². The molecular weight excluding hydrogens is 427 g/mol. The number of piperidine rings is 2. The summed E-state index contributed by atoms with van der Waals surface area (Å²) in [7, 11) is 0. The quantitative estimate of drug-likeness (QED) is 0.728. The van der Waals surface area contributed by atoms with E-state index >= 15 is 0 Å². The van der Waals surface area contributed by atoms with Gasteiger partial charge in [-0.1, -0.05) is 13.8 Å². The first-order chi connectivity index (χ1) is 15.4. The van der Waals surface area contributed by atoms with Crippen LogP contribution in [0, 0.1) is 23.6 Å². The first-order valence-corrected chi connectivity index (χ1v) is 12.3. The largest absolute Gasteiger partial charge is 0.339 e. The molecule has 4 rings (SSSR count). The number of benzene rings is 1. The highest BCUT2D eigenvalue weighted by Gasteiger charge is 2.28. The summed E-state index contributed by atoms with van der Waals surface area (Å²) in [5.41, 5.74) is 1.48. The molecule has 0 spiro atoms. The van der Waals surface area contributed by atoms with Crippen molar-refractivity contribution >= 4 is 28.3 Å². The normalized spacial score (nSPS) is 22.7. The van der Waals surface area contributed by atoms with Crippen molar-refractivity contribution in [3.8, 4) is 0 Å².